The maximum absolute atomic E-state index is 14.3. The number of rotatable bonds is 3. The molecule has 1 N–H and O–H groups in total. The summed E-state index contributed by atoms with van der Waals surface area (Å²) in [7, 11) is 0. The van der Waals surface area contributed by atoms with Crippen molar-refractivity contribution in [1.29, 1.82) is 0 Å². The predicted molar refractivity (Wildman–Crippen MR) is 64.5 cm³/mol. The van der Waals surface area contributed by atoms with Crippen molar-refractivity contribution in [2.75, 3.05) is 6.67 Å². The molecule has 2 rings (SSSR count). The van der Waals surface area contributed by atoms with Gasteiger partial charge in [0.1, 0.15) is 12.3 Å². The molecule has 2 heterocycles. The molecule has 112 valence electrons. The Morgan fingerprint density at radius 1 is 1.50 bits per heavy atom. The first-order valence-corrected chi connectivity index (χ1v) is 6.25. The van der Waals surface area contributed by atoms with Gasteiger partial charge >= 0.3 is 5.69 Å². The Kier molecular flexibility index (Phi) is 3.77. The second kappa shape index (κ2) is 5.08. The number of nitrogens with one attached hydrogen (secondary N) is 1. The maximum Gasteiger partial charge on any atom is 0.330 e. The van der Waals surface area contributed by atoms with E-state index in [4.69, 9.17) is 4.74 Å². The molecule has 1 aromatic rings. The summed E-state index contributed by atoms with van der Waals surface area (Å²) in [6, 6.07) is 0. The van der Waals surface area contributed by atoms with Crippen molar-refractivity contribution >= 4 is 0 Å². The van der Waals surface area contributed by atoms with Gasteiger partial charge in [-0.05, 0) is 6.42 Å². The van der Waals surface area contributed by atoms with E-state index in [1.54, 1.807) is 11.9 Å². The third kappa shape index (κ3) is 2.07. The molecule has 0 unspecified atom stereocenters. The Bertz CT molecular complexity index is 609. The number of aromatic amines is 1. The third-order valence-corrected chi connectivity index (χ3v) is 3.96. The lowest BCUT2D eigenvalue weighted by molar-refractivity contribution is -0.102. The SMILES string of the molecule is CC[C@@]1(CF)O[C@@H](n2cc(F)c(=O)[nH]c2=O)[C@@H](F)[C@@H]1C. The van der Waals surface area contributed by atoms with Gasteiger partial charge in [-0.3, -0.25) is 14.3 Å². The molecule has 0 amide bonds. The molecule has 4 atom stereocenters. The highest BCUT2D eigenvalue weighted by molar-refractivity contribution is 5.00. The van der Waals surface area contributed by atoms with Crippen LogP contribution >= 0.6 is 0 Å². The first kappa shape index (κ1) is 14.8. The molecule has 1 saturated heterocycles. The normalized spacial score (nSPS) is 33.5. The van der Waals surface area contributed by atoms with Crippen molar-refractivity contribution in [1.82, 2.24) is 9.55 Å². The van der Waals surface area contributed by atoms with E-state index in [9.17, 15) is 22.8 Å². The molecule has 1 fully saturated rings. The van der Waals surface area contributed by atoms with E-state index in [1.165, 1.54) is 6.92 Å². The summed E-state index contributed by atoms with van der Waals surface area (Å²) in [5.41, 5.74) is -3.54. The first-order valence-electron chi connectivity index (χ1n) is 6.25. The fourth-order valence-electron chi connectivity index (χ4n) is 2.46. The van der Waals surface area contributed by atoms with E-state index in [0.717, 1.165) is 0 Å². The second-order valence-corrected chi connectivity index (χ2v) is 4.94. The van der Waals surface area contributed by atoms with Crippen LogP contribution in [0.4, 0.5) is 13.2 Å². The highest BCUT2D eigenvalue weighted by Gasteiger charge is 2.53. The Morgan fingerprint density at radius 2 is 2.15 bits per heavy atom. The van der Waals surface area contributed by atoms with Gasteiger partial charge in [0.05, 0.1) is 6.20 Å². The van der Waals surface area contributed by atoms with Crippen molar-refractivity contribution < 1.29 is 17.9 Å². The molecule has 0 spiro atoms. The van der Waals surface area contributed by atoms with Crippen molar-refractivity contribution in [2.24, 2.45) is 5.92 Å². The molecule has 1 aliphatic heterocycles. The van der Waals surface area contributed by atoms with E-state index >= 15 is 0 Å². The number of alkyl halides is 2. The topological polar surface area (TPSA) is 64.1 Å². The molecule has 1 aliphatic rings. The fraction of sp³-hybridized carbons (Fsp3) is 0.667. The molecule has 0 bridgehead atoms. The molecule has 20 heavy (non-hydrogen) atoms. The highest BCUT2D eigenvalue weighted by Crippen LogP contribution is 2.44. The van der Waals surface area contributed by atoms with Crippen molar-refractivity contribution in [3.05, 3.63) is 32.9 Å². The zero-order valence-corrected chi connectivity index (χ0v) is 11.0. The van der Waals surface area contributed by atoms with E-state index in [0.29, 0.717) is 10.8 Å². The van der Waals surface area contributed by atoms with Crippen LogP contribution in [0.1, 0.15) is 26.5 Å². The minimum absolute atomic E-state index is 0.210. The van der Waals surface area contributed by atoms with Crippen LogP contribution in [0.3, 0.4) is 0 Å². The van der Waals surface area contributed by atoms with Gasteiger partial charge in [-0.2, -0.15) is 4.39 Å². The van der Waals surface area contributed by atoms with Crippen LogP contribution in [-0.2, 0) is 4.74 Å². The summed E-state index contributed by atoms with van der Waals surface area (Å²) >= 11 is 0. The molecular formula is C12H15F3N2O3. The summed E-state index contributed by atoms with van der Waals surface area (Å²) in [5.74, 6) is -2.04. The quantitative estimate of drug-likeness (QED) is 0.913. The fourth-order valence-corrected chi connectivity index (χ4v) is 2.46. The Morgan fingerprint density at radius 3 is 2.65 bits per heavy atom. The predicted octanol–water partition coefficient (Wildman–Crippen LogP) is 1.30. The van der Waals surface area contributed by atoms with Crippen LogP contribution in [0.25, 0.3) is 0 Å². The number of H-pyrrole nitrogens is 1. The van der Waals surface area contributed by atoms with Crippen molar-refractivity contribution in [3.63, 3.8) is 0 Å². The maximum atomic E-state index is 14.3. The van der Waals surface area contributed by atoms with Crippen LogP contribution in [-0.4, -0.2) is 28.0 Å². The zero-order chi connectivity index (χ0) is 15.1. The van der Waals surface area contributed by atoms with Gasteiger partial charge in [0.25, 0.3) is 5.56 Å². The van der Waals surface area contributed by atoms with Crippen LogP contribution < -0.4 is 11.2 Å². The number of hydrogen-bond donors (Lipinski definition) is 1. The molecular weight excluding hydrogens is 277 g/mol. The van der Waals surface area contributed by atoms with Gasteiger partial charge in [0.15, 0.2) is 12.4 Å². The molecule has 1 aromatic heterocycles. The lowest BCUT2D eigenvalue weighted by atomic mass is 9.86. The lowest BCUT2D eigenvalue weighted by Gasteiger charge is -2.28. The standard InChI is InChI=1S/C12H15F3N2O3/c1-3-12(5-13)6(2)8(15)10(20-12)17-4-7(14)9(18)16-11(17)19/h4,6,8,10H,3,5H2,1-2H3,(H,16,18,19)/t6-,8-,10+,12-/m0/s1. The summed E-state index contributed by atoms with van der Waals surface area (Å²) in [6.45, 7) is 2.20. The largest absolute Gasteiger partial charge is 0.345 e. The van der Waals surface area contributed by atoms with Crippen LogP contribution in [0.5, 0.6) is 0 Å². The Labute approximate surface area is 112 Å². The summed E-state index contributed by atoms with van der Waals surface area (Å²) in [4.78, 5) is 24.3. The van der Waals surface area contributed by atoms with Gasteiger partial charge in [0.2, 0.25) is 5.82 Å². The Balaban J connectivity index is 2.47. The Hall–Kier alpha value is -1.57. The highest BCUT2D eigenvalue weighted by atomic mass is 19.1. The minimum atomic E-state index is -1.69. The third-order valence-electron chi connectivity index (χ3n) is 3.96. The minimum Gasteiger partial charge on any atom is -0.345 e. The average molecular weight is 292 g/mol. The van der Waals surface area contributed by atoms with Gasteiger partial charge in [-0.1, -0.05) is 13.8 Å². The average Bonchev–Trinajstić information content (AvgIpc) is 2.68. The first-order chi connectivity index (χ1) is 9.36. The van der Waals surface area contributed by atoms with Gasteiger partial charge < -0.3 is 4.74 Å². The molecule has 5 nitrogen and oxygen atoms in total. The summed E-state index contributed by atoms with van der Waals surface area (Å²) in [5, 5.41) is 0. The summed E-state index contributed by atoms with van der Waals surface area (Å²) < 4.78 is 46.7. The number of hydrogen-bond acceptors (Lipinski definition) is 3. The van der Waals surface area contributed by atoms with Crippen LogP contribution in [0, 0.1) is 11.7 Å². The number of halogens is 3. The van der Waals surface area contributed by atoms with Crippen molar-refractivity contribution in [2.45, 2.75) is 38.3 Å². The zero-order valence-electron chi connectivity index (χ0n) is 11.0. The molecule has 0 saturated carbocycles. The summed E-state index contributed by atoms with van der Waals surface area (Å²) in [6.07, 6.45) is -2.36. The smallest absolute Gasteiger partial charge is 0.330 e. The van der Waals surface area contributed by atoms with E-state index in [2.05, 4.69) is 0 Å². The van der Waals surface area contributed by atoms with Gasteiger partial charge in [-0.25, -0.2) is 13.6 Å². The van der Waals surface area contributed by atoms with Crippen LogP contribution in [0.2, 0.25) is 0 Å². The number of ether oxygens (including phenoxy) is 1. The molecule has 8 heteroatoms. The van der Waals surface area contributed by atoms with Crippen LogP contribution in [0.15, 0.2) is 15.8 Å². The molecule has 0 aliphatic carbocycles. The van der Waals surface area contributed by atoms with Gasteiger partial charge in [-0.15, -0.1) is 0 Å². The molecule has 0 aromatic carbocycles. The number of aromatic nitrogens is 2. The molecule has 0 radical (unpaired) electrons. The second-order valence-electron chi connectivity index (χ2n) is 4.94. The monoisotopic (exact) mass is 292 g/mol. The van der Waals surface area contributed by atoms with E-state index < -0.39 is 47.7 Å². The number of nitrogens with zero attached hydrogens (tertiary/aromatic N) is 1. The van der Waals surface area contributed by atoms with E-state index in [-0.39, 0.29) is 6.42 Å². The van der Waals surface area contributed by atoms with Crippen molar-refractivity contribution in [3.8, 4) is 0 Å². The van der Waals surface area contributed by atoms with Gasteiger partial charge in [0, 0.05) is 5.92 Å². The lowest BCUT2D eigenvalue weighted by Crippen LogP contribution is -2.38. The van der Waals surface area contributed by atoms with E-state index in [1.807, 2.05) is 0 Å².